The van der Waals surface area contributed by atoms with Crippen molar-refractivity contribution in [1.82, 2.24) is 5.32 Å². The molecule has 3 nitrogen and oxygen atoms in total. The minimum Gasteiger partial charge on any atom is -0.481 e. The Labute approximate surface area is 142 Å². The van der Waals surface area contributed by atoms with Crippen molar-refractivity contribution in [2.45, 2.75) is 25.7 Å². The Balaban J connectivity index is 1.93. The van der Waals surface area contributed by atoms with Gasteiger partial charge in [0.15, 0.2) is 6.10 Å². The standard InChI is InChI=1S/C17H15ClF3NO2/c1-11(24-15-7-3-6-14(18)9-15)16(23)22-10-12-4-2-5-13(8-12)17(19,20)21/h2-9,11H,10H2,1H3,(H,22,23)/t11-/m1/s1. The van der Waals surface area contributed by atoms with Gasteiger partial charge >= 0.3 is 6.18 Å². The molecule has 0 aliphatic carbocycles. The lowest BCUT2D eigenvalue weighted by atomic mass is 10.1. The first-order valence-corrected chi connectivity index (χ1v) is 7.49. The first-order chi connectivity index (χ1) is 11.3. The van der Waals surface area contributed by atoms with Crippen LogP contribution in [0.5, 0.6) is 5.75 Å². The summed E-state index contributed by atoms with van der Waals surface area (Å²) >= 11 is 5.83. The van der Waals surface area contributed by atoms with Crippen LogP contribution in [0.2, 0.25) is 5.02 Å². The molecule has 0 saturated carbocycles. The van der Waals surface area contributed by atoms with Gasteiger partial charge in [-0.2, -0.15) is 13.2 Å². The van der Waals surface area contributed by atoms with Gasteiger partial charge in [-0.3, -0.25) is 4.79 Å². The van der Waals surface area contributed by atoms with Crippen molar-refractivity contribution >= 4 is 17.5 Å². The van der Waals surface area contributed by atoms with Crippen molar-refractivity contribution in [3.63, 3.8) is 0 Å². The van der Waals surface area contributed by atoms with Crippen molar-refractivity contribution in [2.75, 3.05) is 0 Å². The molecule has 0 aromatic heterocycles. The van der Waals surface area contributed by atoms with Gasteiger partial charge in [-0.25, -0.2) is 0 Å². The molecule has 0 spiro atoms. The van der Waals surface area contributed by atoms with Crippen LogP contribution in [-0.2, 0) is 17.5 Å². The number of amides is 1. The SMILES string of the molecule is C[C@@H](Oc1cccc(Cl)c1)C(=O)NCc1cccc(C(F)(F)F)c1. The maximum atomic E-state index is 12.7. The van der Waals surface area contributed by atoms with E-state index in [4.69, 9.17) is 16.3 Å². The van der Waals surface area contributed by atoms with Gasteiger partial charge in [0.05, 0.1) is 5.56 Å². The molecule has 0 unspecified atom stereocenters. The molecule has 2 aromatic rings. The highest BCUT2D eigenvalue weighted by Gasteiger charge is 2.30. The maximum Gasteiger partial charge on any atom is 0.416 e. The zero-order chi connectivity index (χ0) is 17.7. The number of rotatable bonds is 5. The number of nitrogens with one attached hydrogen (secondary N) is 1. The fraction of sp³-hybridized carbons (Fsp3) is 0.235. The average molecular weight is 358 g/mol. The smallest absolute Gasteiger partial charge is 0.416 e. The molecule has 1 N–H and O–H groups in total. The third-order valence-electron chi connectivity index (χ3n) is 3.20. The van der Waals surface area contributed by atoms with E-state index in [1.807, 2.05) is 0 Å². The summed E-state index contributed by atoms with van der Waals surface area (Å²) in [5.41, 5.74) is -0.398. The Morgan fingerprint density at radius 2 is 1.92 bits per heavy atom. The highest BCUT2D eigenvalue weighted by atomic mass is 35.5. The van der Waals surface area contributed by atoms with Gasteiger partial charge in [0, 0.05) is 11.6 Å². The van der Waals surface area contributed by atoms with Crippen LogP contribution in [0, 0.1) is 0 Å². The maximum absolute atomic E-state index is 12.7. The molecule has 0 saturated heterocycles. The van der Waals surface area contributed by atoms with Gasteiger partial charge in [0.1, 0.15) is 5.75 Å². The number of ether oxygens (including phenoxy) is 1. The summed E-state index contributed by atoms with van der Waals surface area (Å²) in [5, 5.41) is 3.02. The van der Waals surface area contributed by atoms with Crippen LogP contribution in [0.4, 0.5) is 13.2 Å². The lowest BCUT2D eigenvalue weighted by Gasteiger charge is -2.15. The average Bonchev–Trinajstić information content (AvgIpc) is 2.52. The number of carbonyl (C=O) groups excluding carboxylic acids is 1. The van der Waals surface area contributed by atoms with Crippen LogP contribution in [0.25, 0.3) is 0 Å². The van der Waals surface area contributed by atoms with E-state index in [9.17, 15) is 18.0 Å². The molecule has 24 heavy (non-hydrogen) atoms. The minimum absolute atomic E-state index is 0.0218. The van der Waals surface area contributed by atoms with Crippen molar-refractivity contribution in [2.24, 2.45) is 0 Å². The Kier molecular flexibility index (Phi) is 5.72. The van der Waals surface area contributed by atoms with E-state index in [0.29, 0.717) is 16.3 Å². The molecule has 0 fully saturated rings. The van der Waals surface area contributed by atoms with Gasteiger partial charge in [0.2, 0.25) is 0 Å². The van der Waals surface area contributed by atoms with Crippen LogP contribution < -0.4 is 10.1 Å². The Hall–Kier alpha value is -2.21. The molecule has 0 bridgehead atoms. The Morgan fingerprint density at radius 3 is 2.58 bits per heavy atom. The predicted molar refractivity (Wildman–Crippen MR) is 84.8 cm³/mol. The monoisotopic (exact) mass is 357 g/mol. The van der Waals surface area contributed by atoms with E-state index in [0.717, 1.165) is 12.1 Å². The lowest BCUT2D eigenvalue weighted by molar-refractivity contribution is -0.137. The van der Waals surface area contributed by atoms with E-state index in [-0.39, 0.29) is 6.54 Å². The molecule has 0 heterocycles. The highest BCUT2D eigenvalue weighted by molar-refractivity contribution is 6.30. The van der Waals surface area contributed by atoms with Gasteiger partial charge in [0.25, 0.3) is 5.91 Å². The second-order valence-corrected chi connectivity index (χ2v) is 5.57. The van der Waals surface area contributed by atoms with E-state index >= 15 is 0 Å². The zero-order valence-corrected chi connectivity index (χ0v) is 13.5. The number of benzene rings is 2. The molecule has 0 aliphatic rings. The van der Waals surface area contributed by atoms with Gasteiger partial charge in [-0.1, -0.05) is 29.8 Å². The topological polar surface area (TPSA) is 38.3 Å². The fourth-order valence-electron chi connectivity index (χ4n) is 1.99. The predicted octanol–water partition coefficient (Wildman–Crippen LogP) is 4.44. The van der Waals surface area contributed by atoms with Gasteiger partial charge in [-0.05, 0) is 42.8 Å². The summed E-state index contributed by atoms with van der Waals surface area (Å²) in [6, 6.07) is 11.4. The second kappa shape index (κ2) is 7.57. The van der Waals surface area contributed by atoms with Crippen molar-refractivity contribution in [3.05, 3.63) is 64.7 Å². The third-order valence-corrected chi connectivity index (χ3v) is 3.43. The third kappa shape index (κ3) is 5.16. The van der Waals surface area contributed by atoms with Crippen LogP contribution in [0.1, 0.15) is 18.1 Å². The van der Waals surface area contributed by atoms with Crippen LogP contribution in [0.3, 0.4) is 0 Å². The lowest BCUT2D eigenvalue weighted by Crippen LogP contribution is -2.35. The van der Waals surface area contributed by atoms with Crippen molar-refractivity contribution in [3.8, 4) is 5.75 Å². The fourth-order valence-corrected chi connectivity index (χ4v) is 2.17. The minimum atomic E-state index is -4.41. The van der Waals surface area contributed by atoms with E-state index in [2.05, 4.69) is 5.32 Å². The number of alkyl halides is 3. The van der Waals surface area contributed by atoms with Crippen LogP contribution in [-0.4, -0.2) is 12.0 Å². The van der Waals surface area contributed by atoms with Crippen molar-refractivity contribution in [1.29, 1.82) is 0 Å². The molecule has 128 valence electrons. The molecule has 1 atom stereocenters. The van der Waals surface area contributed by atoms with Crippen molar-refractivity contribution < 1.29 is 22.7 Å². The quantitative estimate of drug-likeness (QED) is 0.859. The molecular weight excluding hydrogens is 343 g/mol. The zero-order valence-electron chi connectivity index (χ0n) is 12.7. The molecule has 2 rings (SSSR count). The van der Waals surface area contributed by atoms with E-state index in [1.165, 1.54) is 12.1 Å². The summed E-state index contributed by atoms with van der Waals surface area (Å²) in [6.07, 6.45) is -5.22. The number of halogens is 4. The van der Waals surface area contributed by atoms with E-state index < -0.39 is 23.8 Å². The van der Waals surface area contributed by atoms with E-state index in [1.54, 1.807) is 31.2 Å². The highest BCUT2D eigenvalue weighted by Crippen LogP contribution is 2.29. The van der Waals surface area contributed by atoms with Crippen LogP contribution >= 0.6 is 11.6 Å². The molecule has 0 aliphatic heterocycles. The van der Waals surface area contributed by atoms with Crippen LogP contribution in [0.15, 0.2) is 48.5 Å². The summed E-state index contributed by atoms with van der Waals surface area (Å²) in [6.45, 7) is 1.52. The molecular formula is C17H15ClF3NO2. The Bertz CT molecular complexity index is 719. The Morgan fingerprint density at radius 1 is 1.21 bits per heavy atom. The molecule has 1 amide bonds. The normalized spacial score (nSPS) is 12.5. The number of hydrogen-bond acceptors (Lipinski definition) is 2. The number of carbonyl (C=O) groups is 1. The first-order valence-electron chi connectivity index (χ1n) is 7.12. The first kappa shape index (κ1) is 18.1. The molecule has 7 heteroatoms. The number of hydrogen-bond donors (Lipinski definition) is 1. The largest absolute Gasteiger partial charge is 0.481 e. The molecule has 0 radical (unpaired) electrons. The summed E-state index contributed by atoms with van der Waals surface area (Å²) in [4.78, 5) is 12.0. The summed E-state index contributed by atoms with van der Waals surface area (Å²) in [7, 11) is 0. The summed E-state index contributed by atoms with van der Waals surface area (Å²) < 4.78 is 43.4. The molecule has 2 aromatic carbocycles. The van der Waals surface area contributed by atoms with Gasteiger partial charge < -0.3 is 10.1 Å². The van der Waals surface area contributed by atoms with Gasteiger partial charge in [-0.15, -0.1) is 0 Å². The second-order valence-electron chi connectivity index (χ2n) is 5.13. The summed E-state index contributed by atoms with van der Waals surface area (Å²) in [5.74, 6) is -0.00314.